The third-order valence-corrected chi connectivity index (χ3v) is 5.35. The van der Waals surface area contributed by atoms with Gasteiger partial charge in [-0.3, -0.25) is 0 Å². The van der Waals surface area contributed by atoms with Gasteiger partial charge in [-0.05, 0) is 0 Å². The number of nitrogens with one attached hydrogen (secondary N) is 1. The molecule has 2 aromatic carbocycles. The number of para-hydroxylation sites is 4. The summed E-state index contributed by atoms with van der Waals surface area (Å²) in [6.45, 7) is 9.00. The van der Waals surface area contributed by atoms with Crippen molar-refractivity contribution in [2.24, 2.45) is 0 Å². The van der Waals surface area contributed by atoms with Crippen LogP contribution in [-0.4, -0.2) is 0 Å². The van der Waals surface area contributed by atoms with Crippen molar-refractivity contribution in [3.63, 3.8) is 0 Å². The summed E-state index contributed by atoms with van der Waals surface area (Å²) in [6.07, 6.45) is 10.0. The summed E-state index contributed by atoms with van der Waals surface area (Å²) in [4.78, 5) is 0. The molecule has 0 fully saturated rings. The first-order chi connectivity index (χ1) is 12.8. The minimum atomic E-state index is -2.83. The van der Waals surface area contributed by atoms with Crippen LogP contribution in [0.3, 0.4) is 0 Å². The first-order valence-corrected chi connectivity index (χ1v) is 9.18. The molecule has 1 aliphatic carbocycles. The molecule has 2 aromatic rings. The van der Waals surface area contributed by atoms with Crippen LogP contribution in [0.25, 0.3) is 0 Å². The van der Waals surface area contributed by atoms with Gasteiger partial charge >= 0.3 is 121 Å². The van der Waals surface area contributed by atoms with Crippen LogP contribution >= 0.6 is 8.09 Å². The van der Waals surface area contributed by atoms with E-state index in [4.69, 9.17) is 22.9 Å². The number of fused-ring (bicyclic) bond motifs is 2. The van der Waals surface area contributed by atoms with E-state index >= 15 is 0 Å². The molecule has 1 spiro atoms. The van der Waals surface area contributed by atoms with Gasteiger partial charge in [0, 0.05) is 23.5 Å². The zero-order valence-corrected chi connectivity index (χ0v) is 16.0. The zero-order chi connectivity index (χ0) is 18.8. The minimum absolute atomic E-state index is 0. The Kier molecular flexibility index (Phi) is 9.46. The van der Waals surface area contributed by atoms with Crippen LogP contribution in [0, 0.1) is 19.7 Å². The number of hydrogen-bond acceptors (Lipinski definition) is 4. The first kappa shape index (κ1) is 22.6. The van der Waals surface area contributed by atoms with E-state index in [0.717, 1.165) is 22.9 Å². The number of anilines is 1. The maximum absolute atomic E-state index is 7.50. The monoisotopic (exact) mass is 424 g/mol. The Bertz CT molecular complexity index is 727. The molecule has 0 amide bonds. The van der Waals surface area contributed by atoms with Gasteiger partial charge in [-0.2, -0.15) is 0 Å². The van der Waals surface area contributed by atoms with Gasteiger partial charge in [0.1, 0.15) is 0 Å². The summed E-state index contributed by atoms with van der Waals surface area (Å²) < 4.78 is 32.5. The van der Waals surface area contributed by atoms with Crippen molar-refractivity contribution in [3.05, 3.63) is 92.6 Å². The van der Waals surface area contributed by atoms with Gasteiger partial charge in [-0.1, -0.05) is 24.3 Å². The average Bonchev–Trinajstić information content (AvgIpc) is 3.44. The molecule has 6 nitrogen and oxygen atoms in total. The Labute approximate surface area is 168 Å². The second-order valence-electron chi connectivity index (χ2n) is 4.89. The molecule has 27 heavy (non-hydrogen) atoms. The fourth-order valence-electron chi connectivity index (χ4n) is 2.34. The van der Waals surface area contributed by atoms with E-state index in [9.17, 15) is 0 Å². The summed E-state index contributed by atoms with van der Waals surface area (Å²) in [5.41, 5.74) is 0.923. The third kappa shape index (κ3) is 5.51. The molecular formula is C19H15FeNO5P. The van der Waals surface area contributed by atoms with E-state index in [-0.39, 0.29) is 17.1 Å². The molecular weight excluding hydrogens is 409 g/mol. The molecule has 2 heterocycles. The van der Waals surface area contributed by atoms with Crippen molar-refractivity contribution in [2.45, 2.75) is 0 Å². The molecule has 5 rings (SSSR count). The number of hydrogen-bond donors (Lipinski definition) is 1. The van der Waals surface area contributed by atoms with Gasteiger partial charge in [-0.15, -0.1) is 0 Å². The van der Waals surface area contributed by atoms with Crippen LogP contribution in [-0.2, 0) is 26.4 Å². The number of allylic oxidation sites excluding steroid dienone is 4. The topological polar surface area (TPSA) is 79.5 Å². The van der Waals surface area contributed by atoms with Gasteiger partial charge in [0.15, 0.2) is 0 Å². The quantitative estimate of drug-likeness (QED) is 0.290. The molecule has 0 unspecified atom stereocenters. The van der Waals surface area contributed by atoms with E-state index in [1.165, 1.54) is 0 Å². The van der Waals surface area contributed by atoms with Crippen molar-refractivity contribution in [3.8, 4) is 17.2 Å². The molecule has 2 aliphatic heterocycles. The Morgan fingerprint density at radius 2 is 1.11 bits per heavy atom. The summed E-state index contributed by atoms with van der Waals surface area (Å²) in [7, 11) is -2.83. The van der Waals surface area contributed by atoms with Crippen molar-refractivity contribution in [1.82, 2.24) is 0 Å². The normalized spacial score (nSPS) is 15.6. The molecule has 0 atom stereocenters. The Balaban J connectivity index is 0.000000311. The van der Waals surface area contributed by atoms with Gasteiger partial charge in [0.05, 0.1) is 0 Å². The van der Waals surface area contributed by atoms with Gasteiger partial charge in [0.25, 0.3) is 0 Å². The predicted octanol–water partition coefficient (Wildman–Crippen LogP) is 4.61. The predicted molar refractivity (Wildman–Crippen MR) is 97.1 cm³/mol. The molecule has 0 saturated heterocycles. The Morgan fingerprint density at radius 1 is 0.667 bits per heavy atom. The van der Waals surface area contributed by atoms with Crippen LogP contribution in [0.2, 0.25) is 0 Å². The summed E-state index contributed by atoms with van der Waals surface area (Å²) in [5.74, 6) is 2.26. The summed E-state index contributed by atoms with van der Waals surface area (Å²) in [5, 5.41) is 3.23. The fourth-order valence-corrected chi connectivity index (χ4v) is 4.54. The van der Waals surface area contributed by atoms with Crippen molar-refractivity contribution in [1.29, 1.82) is 0 Å². The van der Waals surface area contributed by atoms with Crippen LogP contribution in [0.4, 0.5) is 5.69 Å². The van der Waals surface area contributed by atoms with E-state index in [2.05, 4.69) is 18.4 Å². The zero-order valence-electron chi connectivity index (χ0n) is 13.9. The third-order valence-electron chi connectivity index (χ3n) is 3.31. The number of benzene rings is 2. The fraction of sp³-hybridized carbons (Fsp3) is 0. The number of rotatable bonds is 0. The Hall–Kier alpha value is -2.45. The second kappa shape index (κ2) is 11.3. The van der Waals surface area contributed by atoms with Crippen LogP contribution in [0.5, 0.6) is 17.2 Å². The van der Waals surface area contributed by atoms with Crippen LogP contribution in [0.1, 0.15) is 0 Å². The van der Waals surface area contributed by atoms with Crippen LogP contribution in [0.15, 0.2) is 72.8 Å². The van der Waals surface area contributed by atoms with Gasteiger partial charge in [-0.25, -0.2) is 0 Å². The van der Waals surface area contributed by atoms with Crippen molar-refractivity contribution < 1.29 is 39.9 Å². The molecule has 3 aliphatic rings. The van der Waals surface area contributed by atoms with E-state index in [0.29, 0.717) is 0 Å². The SMILES string of the molecule is [C-]#[O+].[C-]#[O+].[CH]1C=CC=C1.[Fe].c1ccc2c(c1)N[PH]1(O2)Oc2ccccc2O1. The summed E-state index contributed by atoms with van der Waals surface area (Å²) in [6, 6.07) is 15.3. The standard InChI is InChI=1S/C12H10NO3P.C5H5.2CO.Fe/c1-2-6-10-9(5-1)13-17(14-10)15-11-7-3-4-8-12(11)16-17;1-2-4-5-3-1;2*1-2;/h1-8,13,17H;1-5H;;;. The van der Waals surface area contributed by atoms with Gasteiger partial charge in [0.2, 0.25) is 0 Å². The molecule has 0 aromatic heterocycles. The second-order valence-corrected chi connectivity index (χ2v) is 6.87. The van der Waals surface area contributed by atoms with Crippen molar-refractivity contribution in [2.75, 3.05) is 5.09 Å². The molecule has 1 N–H and O–H groups in total. The van der Waals surface area contributed by atoms with E-state index in [1.807, 2.05) is 79.3 Å². The molecule has 139 valence electrons. The van der Waals surface area contributed by atoms with Crippen LogP contribution < -0.4 is 18.7 Å². The summed E-state index contributed by atoms with van der Waals surface area (Å²) >= 11 is 0. The molecule has 8 heteroatoms. The Morgan fingerprint density at radius 3 is 1.56 bits per heavy atom. The molecule has 0 bridgehead atoms. The van der Waals surface area contributed by atoms with Gasteiger partial charge < -0.3 is 0 Å². The van der Waals surface area contributed by atoms with E-state index in [1.54, 1.807) is 0 Å². The van der Waals surface area contributed by atoms with E-state index < -0.39 is 8.09 Å². The van der Waals surface area contributed by atoms with Crippen molar-refractivity contribution >= 4 is 13.8 Å². The first-order valence-electron chi connectivity index (χ1n) is 7.45. The molecule has 1 radical (unpaired) electrons. The molecule has 0 saturated carbocycles. The average molecular weight is 424 g/mol. The maximum atomic E-state index is 7.50.